The zero-order chi connectivity index (χ0) is 23.1. The molecule has 0 fully saturated rings. The van der Waals surface area contributed by atoms with Crippen molar-refractivity contribution in [3.8, 4) is 0 Å². The molecule has 0 aliphatic rings. The Bertz CT molecular complexity index is 450. The van der Waals surface area contributed by atoms with Crippen LogP contribution < -0.4 is 0 Å². The van der Waals surface area contributed by atoms with E-state index >= 15 is 0 Å². The van der Waals surface area contributed by atoms with E-state index in [4.69, 9.17) is 25.1 Å². The number of allylic oxidation sites excluding steroid dienone is 2. The van der Waals surface area contributed by atoms with Crippen molar-refractivity contribution in [1.82, 2.24) is 0 Å². The predicted octanol–water partition coefficient (Wildman–Crippen LogP) is 4.56. The molecule has 0 rings (SSSR count). The van der Waals surface area contributed by atoms with Gasteiger partial charge in [0.25, 0.3) is 0 Å². The van der Waals surface area contributed by atoms with Crippen LogP contribution in [-0.2, 0) is 13.9 Å². The van der Waals surface area contributed by atoms with E-state index in [9.17, 15) is 9.36 Å². The second kappa shape index (κ2) is 22.9. The number of carboxylic acids is 1. The first-order valence-electron chi connectivity index (χ1n) is 11.1. The fourth-order valence-corrected chi connectivity index (χ4v) is 2.95. The van der Waals surface area contributed by atoms with Gasteiger partial charge in [-0.1, -0.05) is 70.4 Å². The molecule has 0 aromatic heterocycles. The van der Waals surface area contributed by atoms with Gasteiger partial charge in [0.15, 0.2) is 0 Å². The van der Waals surface area contributed by atoms with Gasteiger partial charge in [0.05, 0.1) is 13.2 Å². The Hall–Kier alpha value is -0.760. The van der Waals surface area contributed by atoms with Gasteiger partial charge >= 0.3 is 13.8 Å². The molecule has 0 aromatic rings. The average molecular weight is 455 g/mol. The molecule has 0 spiro atoms. The lowest BCUT2D eigenvalue weighted by Crippen LogP contribution is -2.18. The molecular weight excluding hydrogens is 411 g/mol. The van der Waals surface area contributed by atoms with E-state index in [-0.39, 0.29) is 0 Å². The lowest BCUT2D eigenvalue weighted by atomic mass is 10.1. The van der Waals surface area contributed by atoms with Crippen molar-refractivity contribution in [3.05, 3.63) is 12.2 Å². The molecule has 0 bridgehead atoms. The molecule has 0 aromatic carbocycles. The number of aliphatic hydroxyl groups excluding tert-OH is 2. The van der Waals surface area contributed by atoms with Crippen LogP contribution >= 0.6 is 7.82 Å². The molecule has 0 aliphatic heterocycles. The molecule has 1 atom stereocenters. The number of carbonyl (C=O) groups is 1. The summed E-state index contributed by atoms with van der Waals surface area (Å²) in [6.45, 7) is 1.11. The summed E-state index contributed by atoms with van der Waals surface area (Å²) >= 11 is 0. The molecule has 0 amide bonds. The van der Waals surface area contributed by atoms with E-state index in [0.29, 0.717) is 6.42 Å². The van der Waals surface area contributed by atoms with E-state index in [1.807, 2.05) is 0 Å². The van der Waals surface area contributed by atoms with Crippen LogP contribution in [0.1, 0.15) is 96.8 Å². The maximum atomic E-state index is 10.3. The lowest BCUT2D eigenvalue weighted by Gasteiger charge is -2.07. The third-order valence-electron chi connectivity index (χ3n) is 4.30. The zero-order valence-electron chi connectivity index (χ0n) is 18.5. The monoisotopic (exact) mass is 454 g/mol. The van der Waals surface area contributed by atoms with E-state index < -0.39 is 33.1 Å². The Morgan fingerprint density at radius 2 is 1.37 bits per heavy atom. The number of hydrogen-bond donors (Lipinski definition) is 5. The Balaban J connectivity index is 0. The molecule has 0 saturated heterocycles. The standard InChI is InChI=1S/C18H34O2.C3H9O6P/c1-2-3-4-5-6-7-8-9-10-11-12-13-14-15-16-17-18(19)20;4-1-3(5)2-9-10(6,7)8/h9-10H,2-8,11-17H2,1H3,(H,19,20);3-5H,1-2H2,(H2,6,7,8)/b10-9-;. The molecule has 0 aliphatic carbocycles. The molecule has 1 unspecified atom stereocenters. The number of phosphoric acid groups is 1. The van der Waals surface area contributed by atoms with Gasteiger partial charge in [-0.25, -0.2) is 4.57 Å². The van der Waals surface area contributed by atoms with Gasteiger partial charge in [-0.2, -0.15) is 0 Å². The fraction of sp³-hybridized carbons (Fsp3) is 0.857. The number of aliphatic carboxylic acids is 1. The summed E-state index contributed by atoms with van der Waals surface area (Å²) in [5.74, 6) is -0.664. The molecule has 0 radical (unpaired) electrons. The summed E-state index contributed by atoms with van der Waals surface area (Å²) in [5.41, 5.74) is 0. The quantitative estimate of drug-likeness (QED) is 0.109. The molecule has 180 valence electrons. The van der Waals surface area contributed by atoms with E-state index in [1.54, 1.807) is 0 Å². The van der Waals surface area contributed by atoms with Gasteiger partial charge in [-0.05, 0) is 32.1 Å². The van der Waals surface area contributed by atoms with Crippen LogP contribution in [0.3, 0.4) is 0 Å². The van der Waals surface area contributed by atoms with Crippen LogP contribution in [0.15, 0.2) is 12.2 Å². The fourth-order valence-electron chi connectivity index (χ4n) is 2.58. The van der Waals surface area contributed by atoms with E-state index in [0.717, 1.165) is 12.8 Å². The summed E-state index contributed by atoms with van der Waals surface area (Å²) in [6, 6.07) is 0. The van der Waals surface area contributed by atoms with Crippen LogP contribution in [0, 0.1) is 0 Å². The van der Waals surface area contributed by atoms with E-state index in [2.05, 4.69) is 23.6 Å². The van der Waals surface area contributed by atoms with Gasteiger partial charge in [-0.3, -0.25) is 9.32 Å². The Morgan fingerprint density at radius 3 is 1.80 bits per heavy atom. The molecule has 5 N–H and O–H groups in total. The number of aliphatic hydroxyl groups is 2. The smallest absolute Gasteiger partial charge is 0.469 e. The highest BCUT2D eigenvalue weighted by atomic mass is 31.2. The highest BCUT2D eigenvalue weighted by Gasteiger charge is 2.15. The molecule has 9 heteroatoms. The number of phosphoric ester groups is 1. The zero-order valence-corrected chi connectivity index (χ0v) is 19.3. The highest BCUT2D eigenvalue weighted by Crippen LogP contribution is 2.35. The van der Waals surface area contributed by atoms with Crippen molar-refractivity contribution in [2.24, 2.45) is 0 Å². The van der Waals surface area contributed by atoms with Crippen LogP contribution in [0.2, 0.25) is 0 Å². The minimum absolute atomic E-state index is 0.332. The van der Waals surface area contributed by atoms with Crippen molar-refractivity contribution < 1.29 is 39.0 Å². The molecule has 8 nitrogen and oxygen atoms in total. The largest absolute Gasteiger partial charge is 0.481 e. The molecule has 30 heavy (non-hydrogen) atoms. The third kappa shape index (κ3) is 31.9. The summed E-state index contributed by atoms with van der Waals surface area (Å²) in [4.78, 5) is 26.4. The molecular formula is C21H43O8P. The minimum Gasteiger partial charge on any atom is -0.481 e. The van der Waals surface area contributed by atoms with Gasteiger partial charge in [0.2, 0.25) is 0 Å². The van der Waals surface area contributed by atoms with Gasteiger partial charge in [0, 0.05) is 6.42 Å². The van der Waals surface area contributed by atoms with E-state index in [1.165, 1.54) is 70.6 Å². The van der Waals surface area contributed by atoms with Gasteiger partial charge in [0.1, 0.15) is 6.10 Å². The van der Waals surface area contributed by atoms with Crippen LogP contribution in [-0.4, -0.2) is 50.4 Å². The number of unbranched alkanes of at least 4 members (excludes halogenated alkanes) is 11. The van der Waals surface area contributed by atoms with Gasteiger partial charge < -0.3 is 25.1 Å². The first kappa shape index (κ1) is 31.4. The maximum Gasteiger partial charge on any atom is 0.469 e. The highest BCUT2D eigenvalue weighted by molar-refractivity contribution is 7.46. The Morgan fingerprint density at radius 1 is 0.900 bits per heavy atom. The lowest BCUT2D eigenvalue weighted by molar-refractivity contribution is -0.137. The van der Waals surface area contributed by atoms with Crippen molar-refractivity contribution in [3.63, 3.8) is 0 Å². The Kier molecular flexibility index (Phi) is 24.0. The second-order valence-corrected chi connectivity index (χ2v) is 8.59. The van der Waals surface area contributed by atoms with Crippen LogP contribution in [0.5, 0.6) is 0 Å². The molecule has 0 saturated carbocycles. The predicted molar refractivity (Wildman–Crippen MR) is 118 cm³/mol. The summed E-state index contributed by atoms with van der Waals surface area (Å²) in [7, 11) is -4.50. The Labute approximate surface area is 181 Å². The summed E-state index contributed by atoms with van der Waals surface area (Å²) < 4.78 is 13.8. The van der Waals surface area contributed by atoms with Gasteiger partial charge in [-0.15, -0.1) is 0 Å². The summed E-state index contributed by atoms with van der Waals surface area (Å²) in [5, 5.41) is 25.2. The number of rotatable bonds is 19. The molecule has 0 heterocycles. The van der Waals surface area contributed by atoms with Crippen LogP contribution in [0.25, 0.3) is 0 Å². The number of carboxylic acid groups (broad SMARTS) is 1. The maximum absolute atomic E-state index is 10.3. The van der Waals surface area contributed by atoms with Crippen molar-refractivity contribution in [1.29, 1.82) is 0 Å². The first-order valence-corrected chi connectivity index (χ1v) is 12.6. The van der Waals surface area contributed by atoms with Crippen molar-refractivity contribution in [2.75, 3.05) is 13.2 Å². The van der Waals surface area contributed by atoms with Crippen molar-refractivity contribution in [2.45, 2.75) is 103 Å². The topological polar surface area (TPSA) is 145 Å². The average Bonchev–Trinajstić information content (AvgIpc) is 2.68. The SMILES string of the molecule is CCCCCCCC/C=C\CCCCCCCC(=O)O.O=P(O)(O)OCC(O)CO. The van der Waals surface area contributed by atoms with Crippen molar-refractivity contribution >= 4 is 13.8 Å². The second-order valence-electron chi connectivity index (χ2n) is 7.35. The van der Waals surface area contributed by atoms with Crippen LogP contribution in [0.4, 0.5) is 0 Å². The third-order valence-corrected chi connectivity index (χ3v) is 4.78. The minimum atomic E-state index is -4.50. The first-order chi connectivity index (χ1) is 14.2. The normalized spacial score (nSPS) is 12.6. The number of hydrogen-bond acceptors (Lipinski definition) is 5. The summed E-state index contributed by atoms with van der Waals surface area (Å²) in [6.07, 6.45) is 20.0.